The first-order chi connectivity index (χ1) is 12.2. The summed E-state index contributed by atoms with van der Waals surface area (Å²) in [7, 11) is 4.07. The number of nitrogens with zero attached hydrogens (tertiary/aromatic N) is 4. The lowest BCUT2D eigenvalue weighted by Crippen LogP contribution is -2.51. The number of imidazole rings is 1. The summed E-state index contributed by atoms with van der Waals surface area (Å²) in [6.07, 6.45) is 4.30. The van der Waals surface area contributed by atoms with E-state index in [0.717, 1.165) is 30.1 Å². The molecule has 0 radical (unpaired) electrons. The molecule has 1 fully saturated rings. The molecule has 0 aliphatic carbocycles. The van der Waals surface area contributed by atoms with Gasteiger partial charge in [-0.1, -0.05) is 13.8 Å². The van der Waals surface area contributed by atoms with Crippen LogP contribution >= 0.6 is 0 Å². The Balaban J connectivity index is 2.31. The summed E-state index contributed by atoms with van der Waals surface area (Å²) in [5.74, 6) is -1.15. The predicted octanol–water partition coefficient (Wildman–Crippen LogP) is 0.804. The summed E-state index contributed by atoms with van der Waals surface area (Å²) >= 11 is 0. The Morgan fingerprint density at radius 2 is 2.08 bits per heavy atom. The Morgan fingerprint density at radius 3 is 2.65 bits per heavy atom. The Labute approximate surface area is 153 Å². The molecule has 0 aromatic carbocycles. The van der Waals surface area contributed by atoms with E-state index in [0.29, 0.717) is 5.69 Å². The van der Waals surface area contributed by atoms with Crippen molar-refractivity contribution in [2.45, 2.75) is 39.7 Å². The van der Waals surface area contributed by atoms with Gasteiger partial charge >= 0.3 is 0 Å². The highest BCUT2D eigenvalue weighted by molar-refractivity contribution is 6.12. The zero-order chi connectivity index (χ0) is 19.4. The molecule has 2 rings (SSSR count). The first-order valence-corrected chi connectivity index (χ1v) is 8.74. The van der Waals surface area contributed by atoms with Crippen molar-refractivity contribution in [3.8, 4) is 0 Å². The van der Waals surface area contributed by atoms with Gasteiger partial charge in [0.2, 0.25) is 11.8 Å². The van der Waals surface area contributed by atoms with E-state index < -0.39 is 11.8 Å². The Hall–Kier alpha value is -2.48. The van der Waals surface area contributed by atoms with E-state index in [-0.39, 0.29) is 24.1 Å². The van der Waals surface area contributed by atoms with E-state index >= 15 is 0 Å². The molecule has 0 spiro atoms. The van der Waals surface area contributed by atoms with E-state index in [1.165, 1.54) is 6.92 Å². The average Bonchev–Trinajstić information content (AvgIpc) is 2.92. The van der Waals surface area contributed by atoms with Crippen LogP contribution in [0.15, 0.2) is 12.0 Å². The van der Waals surface area contributed by atoms with Gasteiger partial charge in [0.15, 0.2) is 0 Å². The molecule has 3 amide bonds. The Kier molecular flexibility index (Phi) is 6.31. The van der Waals surface area contributed by atoms with Gasteiger partial charge in [0.1, 0.15) is 12.2 Å². The molecule has 1 aliphatic heterocycles. The molecule has 1 aromatic heterocycles. The summed E-state index contributed by atoms with van der Waals surface area (Å²) in [5, 5.41) is 2.56. The molecule has 8 heteroatoms. The highest BCUT2D eigenvalue weighted by Crippen LogP contribution is 2.22. The topological polar surface area (TPSA) is 87.5 Å². The van der Waals surface area contributed by atoms with Crippen molar-refractivity contribution >= 4 is 23.8 Å². The van der Waals surface area contributed by atoms with Gasteiger partial charge in [0.25, 0.3) is 5.91 Å². The number of aryl methyl sites for hydroxylation is 1. The summed E-state index contributed by atoms with van der Waals surface area (Å²) in [6.45, 7) is 6.93. The Morgan fingerprint density at radius 1 is 1.38 bits per heavy atom. The smallest absolute Gasteiger partial charge is 0.277 e. The largest absolute Gasteiger partial charge is 0.334 e. The van der Waals surface area contributed by atoms with Crippen LogP contribution in [-0.4, -0.2) is 64.3 Å². The number of aromatic nitrogens is 2. The lowest BCUT2D eigenvalue weighted by Gasteiger charge is -2.25. The van der Waals surface area contributed by atoms with Crippen molar-refractivity contribution < 1.29 is 14.4 Å². The third-order valence-corrected chi connectivity index (χ3v) is 4.17. The number of piperazine rings is 1. The van der Waals surface area contributed by atoms with Gasteiger partial charge in [-0.2, -0.15) is 0 Å². The van der Waals surface area contributed by atoms with Crippen LogP contribution in [0.5, 0.6) is 0 Å². The zero-order valence-corrected chi connectivity index (χ0v) is 16.1. The van der Waals surface area contributed by atoms with Crippen LogP contribution in [0.1, 0.15) is 44.5 Å². The molecule has 142 valence electrons. The molecule has 8 nitrogen and oxygen atoms in total. The Bertz CT molecular complexity index is 733. The van der Waals surface area contributed by atoms with Crippen molar-refractivity contribution in [3.05, 3.63) is 23.4 Å². The minimum absolute atomic E-state index is 0.0805. The van der Waals surface area contributed by atoms with Crippen LogP contribution < -0.4 is 5.32 Å². The summed E-state index contributed by atoms with van der Waals surface area (Å²) in [4.78, 5) is 43.3. The maximum atomic E-state index is 12.4. The van der Waals surface area contributed by atoms with Gasteiger partial charge in [0.05, 0.1) is 12.0 Å². The average molecular weight is 361 g/mol. The second kappa shape index (κ2) is 8.27. The van der Waals surface area contributed by atoms with Gasteiger partial charge in [0, 0.05) is 19.2 Å². The molecular formula is C18H27N5O3. The highest BCUT2D eigenvalue weighted by Gasteiger charge is 2.31. The molecule has 0 bridgehead atoms. The summed E-state index contributed by atoms with van der Waals surface area (Å²) < 4.78 is 2.08. The number of nitrogens with one attached hydrogen (secondary N) is 1. The van der Waals surface area contributed by atoms with Gasteiger partial charge in [-0.25, -0.2) is 4.98 Å². The lowest BCUT2D eigenvalue weighted by atomic mass is 10.1. The van der Waals surface area contributed by atoms with Crippen LogP contribution in [0.4, 0.5) is 0 Å². The fourth-order valence-electron chi connectivity index (χ4n) is 2.97. The maximum Gasteiger partial charge on any atom is 0.277 e. The monoisotopic (exact) mass is 361 g/mol. The third-order valence-electron chi connectivity index (χ3n) is 4.17. The van der Waals surface area contributed by atoms with E-state index in [4.69, 9.17) is 0 Å². The predicted molar refractivity (Wildman–Crippen MR) is 98.0 cm³/mol. The van der Waals surface area contributed by atoms with Crippen LogP contribution in [-0.2, 0) is 20.9 Å². The summed E-state index contributed by atoms with van der Waals surface area (Å²) in [5.41, 5.74) is 1.72. The molecule has 0 saturated carbocycles. The fourth-order valence-corrected chi connectivity index (χ4v) is 2.97. The first-order valence-electron chi connectivity index (χ1n) is 8.74. The van der Waals surface area contributed by atoms with E-state index in [1.54, 1.807) is 12.4 Å². The molecular weight excluding hydrogens is 334 g/mol. The standard InChI is InChI=1S/C18H27N5O3/c1-12(2)17-14(19-11-22(17)8-6-7-21(4)5)9-15-18(26)23(13(3)24)10-16(25)20-15/h9,11-12H,6-8,10H2,1-5H3,(H,20,25). The molecule has 0 unspecified atom stereocenters. The molecule has 2 heterocycles. The molecule has 0 atom stereocenters. The van der Waals surface area contributed by atoms with Crippen LogP contribution in [0.3, 0.4) is 0 Å². The van der Waals surface area contributed by atoms with Gasteiger partial charge in [-0.3, -0.25) is 19.3 Å². The van der Waals surface area contributed by atoms with E-state index in [2.05, 4.69) is 33.6 Å². The fraction of sp³-hybridized carbons (Fsp3) is 0.556. The van der Waals surface area contributed by atoms with E-state index in [9.17, 15) is 14.4 Å². The van der Waals surface area contributed by atoms with Crippen molar-refractivity contribution in [1.29, 1.82) is 0 Å². The van der Waals surface area contributed by atoms with Gasteiger partial charge in [-0.05, 0) is 39.1 Å². The van der Waals surface area contributed by atoms with Crippen LogP contribution in [0, 0.1) is 0 Å². The number of hydrogen-bond acceptors (Lipinski definition) is 5. The van der Waals surface area contributed by atoms with E-state index in [1.807, 2.05) is 14.1 Å². The minimum Gasteiger partial charge on any atom is -0.334 e. The van der Waals surface area contributed by atoms with Crippen LogP contribution in [0.2, 0.25) is 0 Å². The number of carbonyl (C=O) groups excluding carboxylic acids is 3. The second-order valence-electron chi connectivity index (χ2n) is 7.04. The number of amides is 3. The summed E-state index contributed by atoms with van der Waals surface area (Å²) in [6, 6.07) is 0. The highest BCUT2D eigenvalue weighted by atomic mass is 16.2. The quantitative estimate of drug-likeness (QED) is 0.758. The maximum absolute atomic E-state index is 12.4. The van der Waals surface area contributed by atoms with Crippen molar-refractivity contribution in [1.82, 2.24) is 24.7 Å². The molecule has 1 saturated heterocycles. The van der Waals surface area contributed by atoms with Crippen molar-refractivity contribution in [3.63, 3.8) is 0 Å². The van der Waals surface area contributed by atoms with Crippen molar-refractivity contribution in [2.24, 2.45) is 0 Å². The zero-order valence-electron chi connectivity index (χ0n) is 16.1. The van der Waals surface area contributed by atoms with Gasteiger partial charge < -0.3 is 14.8 Å². The number of imide groups is 1. The van der Waals surface area contributed by atoms with Crippen LogP contribution in [0.25, 0.3) is 6.08 Å². The molecule has 1 N–H and O–H groups in total. The second-order valence-corrected chi connectivity index (χ2v) is 7.04. The normalized spacial score (nSPS) is 16.7. The number of hydrogen-bond donors (Lipinski definition) is 1. The number of rotatable bonds is 6. The molecule has 26 heavy (non-hydrogen) atoms. The van der Waals surface area contributed by atoms with Gasteiger partial charge in [-0.15, -0.1) is 0 Å². The first kappa shape index (κ1) is 19.8. The lowest BCUT2D eigenvalue weighted by molar-refractivity contribution is -0.147. The molecule has 1 aliphatic rings. The molecule has 1 aromatic rings. The minimum atomic E-state index is -0.506. The SMILES string of the molecule is CC(=O)N1CC(=O)NC(=Cc2ncn(CCCN(C)C)c2C(C)C)C1=O. The number of carbonyl (C=O) groups is 3. The third kappa shape index (κ3) is 4.57. The van der Waals surface area contributed by atoms with Crippen molar-refractivity contribution in [2.75, 3.05) is 27.2 Å².